The number of hydrogen-bond acceptors (Lipinski definition) is 3. The number of thioether (sulfide) groups is 1. The molecular formula is C6H8O2S. The Hall–Kier alpha value is -0.310. The molecule has 1 aliphatic heterocycles. The molecule has 0 bridgehead atoms. The van der Waals surface area contributed by atoms with E-state index < -0.39 is 0 Å². The Balaban J connectivity index is 2.62. The van der Waals surface area contributed by atoms with Crippen molar-refractivity contribution in [2.45, 2.75) is 13.3 Å². The number of ketones is 1. The summed E-state index contributed by atoms with van der Waals surface area (Å²) in [6.07, 6.45) is 0.856. The summed E-state index contributed by atoms with van der Waals surface area (Å²) < 4.78 is 0. The minimum Gasteiger partial charge on any atom is -0.290 e. The van der Waals surface area contributed by atoms with Crippen molar-refractivity contribution in [1.82, 2.24) is 0 Å². The highest BCUT2D eigenvalue weighted by atomic mass is 32.2. The molecule has 0 saturated carbocycles. The number of Topliss-reactive ketones (excluding diaryl/α,β-unsaturated/α-hetero) is 1. The molecule has 0 amide bonds. The van der Waals surface area contributed by atoms with Crippen molar-refractivity contribution < 1.29 is 9.59 Å². The van der Waals surface area contributed by atoms with E-state index in [0.29, 0.717) is 0 Å². The standard InChI is InChI=1S/C6H8O2S/c1-4-2-3-9-6(8)5(4)7/h4H,2-3H2,1H3. The molecule has 50 valence electrons. The normalized spacial score (nSPS) is 28.8. The highest BCUT2D eigenvalue weighted by Crippen LogP contribution is 2.20. The SMILES string of the molecule is CC1CCSC(=O)C1=O. The Morgan fingerprint density at radius 2 is 2.22 bits per heavy atom. The fourth-order valence-electron chi connectivity index (χ4n) is 0.732. The first-order chi connectivity index (χ1) is 4.22. The van der Waals surface area contributed by atoms with E-state index in [1.165, 1.54) is 0 Å². The summed E-state index contributed by atoms with van der Waals surface area (Å²) in [6, 6.07) is 0. The van der Waals surface area contributed by atoms with Crippen LogP contribution in [0.4, 0.5) is 0 Å². The van der Waals surface area contributed by atoms with Gasteiger partial charge in [-0.3, -0.25) is 9.59 Å². The van der Waals surface area contributed by atoms with Crippen LogP contribution in [0, 0.1) is 5.92 Å². The summed E-state index contributed by atoms with van der Waals surface area (Å²) in [5.41, 5.74) is 0. The smallest absolute Gasteiger partial charge is 0.255 e. The molecule has 0 aromatic heterocycles. The van der Waals surface area contributed by atoms with Gasteiger partial charge >= 0.3 is 0 Å². The Kier molecular flexibility index (Phi) is 1.90. The van der Waals surface area contributed by atoms with Gasteiger partial charge < -0.3 is 0 Å². The molecule has 0 aromatic rings. The molecule has 3 heteroatoms. The Bertz CT molecular complexity index is 153. The highest BCUT2D eigenvalue weighted by molar-refractivity contribution is 8.15. The van der Waals surface area contributed by atoms with Gasteiger partial charge in [-0.2, -0.15) is 0 Å². The second-order valence-electron chi connectivity index (χ2n) is 2.19. The van der Waals surface area contributed by atoms with E-state index in [0.717, 1.165) is 23.9 Å². The molecule has 2 nitrogen and oxygen atoms in total. The molecular weight excluding hydrogens is 136 g/mol. The first kappa shape index (κ1) is 6.81. The molecule has 1 fully saturated rings. The Labute approximate surface area is 58.0 Å². The van der Waals surface area contributed by atoms with Crippen molar-refractivity contribution in [2.24, 2.45) is 5.92 Å². The number of carbonyl (C=O) groups is 2. The molecule has 9 heavy (non-hydrogen) atoms. The minimum atomic E-state index is -0.256. The molecule has 0 aromatic carbocycles. The zero-order valence-corrected chi connectivity index (χ0v) is 6.03. The zero-order chi connectivity index (χ0) is 6.85. The van der Waals surface area contributed by atoms with Crippen LogP contribution in [0.3, 0.4) is 0 Å². The lowest BCUT2D eigenvalue weighted by molar-refractivity contribution is -0.134. The molecule has 1 unspecified atom stereocenters. The first-order valence-corrected chi connectivity index (χ1v) is 3.91. The molecule has 0 radical (unpaired) electrons. The number of carbonyl (C=O) groups excluding carboxylic acids is 2. The summed E-state index contributed by atoms with van der Waals surface area (Å²) >= 11 is 1.14. The van der Waals surface area contributed by atoms with Crippen molar-refractivity contribution in [2.75, 3.05) is 5.75 Å². The maximum atomic E-state index is 10.8. The van der Waals surface area contributed by atoms with E-state index in [1.807, 2.05) is 0 Å². The van der Waals surface area contributed by atoms with Crippen LogP contribution >= 0.6 is 11.8 Å². The van der Waals surface area contributed by atoms with Gasteiger partial charge in [0.15, 0.2) is 0 Å². The first-order valence-electron chi connectivity index (χ1n) is 2.93. The number of hydrogen-bond donors (Lipinski definition) is 0. The van der Waals surface area contributed by atoms with Crippen LogP contribution in [0.5, 0.6) is 0 Å². The van der Waals surface area contributed by atoms with Crippen LogP contribution < -0.4 is 0 Å². The van der Waals surface area contributed by atoms with Gasteiger partial charge in [-0.15, -0.1) is 0 Å². The summed E-state index contributed by atoms with van der Waals surface area (Å²) in [7, 11) is 0. The lowest BCUT2D eigenvalue weighted by Gasteiger charge is -2.12. The summed E-state index contributed by atoms with van der Waals surface area (Å²) in [6.45, 7) is 1.81. The van der Waals surface area contributed by atoms with Crippen LogP contribution in [-0.4, -0.2) is 16.7 Å². The van der Waals surface area contributed by atoms with Crippen LogP contribution in [-0.2, 0) is 9.59 Å². The third kappa shape index (κ3) is 1.33. The van der Waals surface area contributed by atoms with E-state index in [9.17, 15) is 9.59 Å². The van der Waals surface area contributed by atoms with Crippen LogP contribution in [0.2, 0.25) is 0 Å². The summed E-state index contributed by atoms with van der Waals surface area (Å²) in [5.74, 6) is 0.580. The van der Waals surface area contributed by atoms with E-state index in [1.54, 1.807) is 6.92 Å². The largest absolute Gasteiger partial charge is 0.290 e. The van der Waals surface area contributed by atoms with Crippen molar-refractivity contribution in [3.63, 3.8) is 0 Å². The molecule has 0 aliphatic carbocycles. The lowest BCUT2D eigenvalue weighted by atomic mass is 10.0. The van der Waals surface area contributed by atoms with E-state index in [-0.39, 0.29) is 16.8 Å². The van der Waals surface area contributed by atoms with Gasteiger partial charge in [-0.25, -0.2) is 0 Å². The van der Waals surface area contributed by atoms with E-state index in [2.05, 4.69) is 0 Å². The molecule has 0 spiro atoms. The Morgan fingerprint density at radius 1 is 1.56 bits per heavy atom. The second kappa shape index (κ2) is 2.52. The average molecular weight is 144 g/mol. The zero-order valence-electron chi connectivity index (χ0n) is 5.22. The maximum Gasteiger partial charge on any atom is 0.255 e. The molecule has 1 atom stereocenters. The fraction of sp³-hybridized carbons (Fsp3) is 0.667. The maximum absolute atomic E-state index is 10.8. The van der Waals surface area contributed by atoms with Crippen molar-refractivity contribution >= 4 is 22.7 Å². The molecule has 1 saturated heterocycles. The third-order valence-electron chi connectivity index (χ3n) is 1.43. The topological polar surface area (TPSA) is 34.1 Å². The van der Waals surface area contributed by atoms with Gasteiger partial charge in [-0.1, -0.05) is 18.7 Å². The average Bonchev–Trinajstić information content (AvgIpc) is 1.83. The predicted molar refractivity (Wildman–Crippen MR) is 36.3 cm³/mol. The van der Waals surface area contributed by atoms with Crippen molar-refractivity contribution in [3.8, 4) is 0 Å². The predicted octanol–water partition coefficient (Wildman–Crippen LogP) is 0.855. The summed E-state index contributed by atoms with van der Waals surface area (Å²) in [4.78, 5) is 21.4. The van der Waals surface area contributed by atoms with Gasteiger partial charge in [-0.05, 0) is 6.42 Å². The van der Waals surface area contributed by atoms with Crippen LogP contribution in [0.15, 0.2) is 0 Å². The van der Waals surface area contributed by atoms with Gasteiger partial charge in [0.2, 0.25) is 5.78 Å². The van der Waals surface area contributed by atoms with Gasteiger partial charge in [0, 0.05) is 11.7 Å². The van der Waals surface area contributed by atoms with Gasteiger partial charge in [0.1, 0.15) is 0 Å². The van der Waals surface area contributed by atoms with E-state index >= 15 is 0 Å². The van der Waals surface area contributed by atoms with Crippen LogP contribution in [0.1, 0.15) is 13.3 Å². The summed E-state index contributed by atoms with van der Waals surface area (Å²) in [5, 5.41) is -0.256. The quantitative estimate of drug-likeness (QED) is 0.473. The monoisotopic (exact) mass is 144 g/mol. The molecule has 1 aliphatic rings. The molecule has 1 heterocycles. The fourth-order valence-corrected chi connectivity index (χ4v) is 1.73. The Morgan fingerprint density at radius 3 is 2.67 bits per heavy atom. The van der Waals surface area contributed by atoms with Crippen LogP contribution in [0.25, 0.3) is 0 Å². The molecule has 1 rings (SSSR count). The van der Waals surface area contributed by atoms with Crippen molar-refractivity contribution in [3.05, 3.63) is 0 Å². The minimum absolute atomic E-state index is 0.0289. The van der Waals surface area contributed by atoms with E-state index in [4.69, 9.17) is 0 Å². The second-order valence-corrected chi connectivity index (χ2v) is 3.26. The number of rotatable bonds is 0. The van der Waals surface area contributed by atoms with Crippen molar-refractivity contribution in [1.29, 1.82) is 0 Å². The third-order valence-corrected chi connectivity index (χ3v) is 2.34. The molecule has 0 N–H and O–H groups in total. The lowest BCUT2D eigenvalue weighted by Crippen LogP contribution is -2.24. The van der Waals surface area contributed by atoms with Gasteiger partial charge in [0.25, 0.3) is 5.12 Å². The highest BCUT2D eigenvalue weighted by Gasteiger charge is 2.25. The van der Waals surface area contributed by atoms with Gasteiger partial charge in [0.05, 0.1) is 0 Å².